The van der Waals surface area contributed by atoms with Crippen LogP contribution in [0.5, 0.6) is 5.75 Å². The quantitative estimate of drug-likeness (QED) is 0.477. The van der Waals surface area contributed by atoms with E-state index in [1.54, 1.807) is 44.2 Å². The van der Waals surface area contributed by atoms with Crippen molar-refractivity contribution in [3.8, 4) is 5.75 Å². The van der Waals surface area contributed by atoms with Crippen molar-refractivity contribution in [2.24, 2.45) is 0 Å². The first kappa shape index (κ1) is 21.3. The predicted octanol–water partition coefficient (Wildman–Crippen LogP) is 3.16. The summed E-state index contributed by atoms with van der Waals surface area (Å²) in [5.41, 5.74) is 0.0379. The number of H-pyrrole nitrogens is 1. The third kappa shape index (κ3) is 6.30. The van der Waals surface area contributed by atoms with Crippen LogP contribution in [0, 0.1) is 11.7 Å². The van der Waals surface area contributed by atoms with Crippen LogP contribution in [0.25, 0.3) is 0 Å². The van der Waals surface area contributed by atoms with Crippen LogP contribution in [-0.4, -0.2) is 33.7 Å². The number of halogens is 1. The Morgan fingerprint density at radius 3 is 2.67 bits per heavy atom. The second kappa shape index (κ2) is 9.82. The van der Waals surface area contributed by atoms with Gasteiger partial charge in [-0.2, -0.15) is 0 Å². The van der Waals surface area contributed by atoms with E-state index in [9.17, 15) is 18.9 Å². The number of hydrogen-bond acceptors (Lipinski definition) is 7. The first-order valence-electron chi connectivity index (χ1n) is 7.90. The van der Waals surface area contributed by atoms with Crippen LogP contribution in [-0.2, 0) is 13.8 Å². The summed E-state index contributed by atoms with van der Waals surface area (Å²) in [6.07, 6.45) is -3.23. The van der Waals surface area contributed by atoms with E-state index in [0.29, 0.717) is 11.3 Å². The van der Waals surface area contributed by atoms with Crippen molar-refractivity contribution in [2.75, 3.05) is 6.61 Å². The summed E-state index contributed by atoms with van der Waals surface area (Å²) < 4.78 is 42.2. The van der Waals surface area contributed by atoms with Crippen molar-refractivity contribution in [3.63, 3.8) is 0 Å². The van der Waals surface area contributed by atoms with Gasteiger partial charge in [-0.1, -0.05) is 18.2 Å². The van der Waals surface area contributed by atoms with E-state index >= 15 is 0 Å². The van der Waals surface area contributed by atoms with E-state index in [0.717, 1.165) is 0 Å². The summed E-state index contributed by atoms with van der Waals surface area (Å²) in [6.45, 7) is 2.59. The van der Waals surface area contributed by atoms with Gasteiger partial charge in [0.05, 0.1) is 0 Å². The number of rotatable bonds is 9. The fourth-order valence-corrected chi connectivity index (χ4v) is 3.00. The Hall–Kier alpha value is -1.97. The number of aliphatic hydroxyl groups is 1. The highest BCUT2D eigenvalue weighted by Crippen LogP contribution is 2.28. The summed E-state index contributed by atoms with van der Waals surface area (Å²) >= 11 is 5.05. The predicted molar refractivity (Wildman–Crippen MR) is 98.0 cm³/mol. The summed E-state index contributed by atoms with van der Waals surface area (Å²) in [4.78, 5) is 14.0. The van der Waals surface area contributed by atoms with Gasteiger partial charge < -0.3 is 9.84 Å². The molecule has 0 amide bonds. The Bertz CT molecular complexity index is 888. The van der Waals surface area contributed by atoms with Gasteiger partial charge in [-0.25, -0.2) is 8.91 Å². The number of aryl methyl sites for hydroxylation is 1. The average molecular weight is 417 g/mol. The van der Waals surface area contributed by atoms with Crippen molar-refractivity contribution in [3.05, 3.63) is 57.2 Å². The normalized spacial score (nSPS) is 15.0. The molecule has 8 nitrogen and oxygen atoms in total. The molecule has 1 aromatic heterocycles. The van der Waals surface area contributed by atoms with Gasteiger partial charge in [0.25, 0.3) is 5.56 Å². The molecule has 1 aromatic carbocycles. The van der Waals surface area contributed by atoms with Crippen LogP contribution >= 0.6 is 20.5 Å². The van der Waals surface area contributed by atoms with Crippen molar-refractivity contribution in [2.45, 2.75) is 32.5 Å². The van der Waals surface area contributed by atoms with Gasteiger partial charge in [-0.3, -0.25) is 14.3 Å². The minimum atomic E-state index is -2.59. The molecule has 11 heteroatoms. The molecule has 0 aliphatic rings. The molecule has 0 bridgehead atoms. The van der Waals surface area contributed by atoms with E-state index in [4.69, 9.17) is 26.0 Å². The second-order valence-corrected chi connectivity index (χ2v) is 6.82. The van der Waals surface area contributed by atoms with E-state index in [1.165, 1.54) is 10.8 Å². The number of benzene rings is 1. The summed E-state index contributed by atoms with van der Waals surface area (Å²) in [6, 6.07) is 8.30. The summed E-state index contributed by atoms with van der Waals surface area (Å²) in [5.74, 6) is 0.320. The standard InChI is InChI=1S/C16H18FN2O6PS/c1-10-8-19(16(27)18-15(10)21)11(2)24-13(14(17)20)9-23-26(22)25-12-6-4-3-5-7-12/h3-8,11,13-14,20H,9H2,1-2H3/p+1/t11-,13?,14+/m0/s1. The number of aliphatic hydroxyl groups excluding tert-OH is 1. The average Bonchev–Trinajstić information content (AvgIpc) is 2.62. The largest absolute Gasteiger partial charge is 0.750 e. The lowest BCUT2D eigenvalue weighted by Crippen LogP contribution is -2.33. The molecule has 0 saturated heterocycles. The van der Waals surface area contributed by atoms with Crippen LogP contribution in [0.4, 0.5) is 4.39 Å². The van der Waals surface area contributed by atoms with Gasteiger partial charge in [0, 0.05) is 16.3 Å². The van der Waals surface area contributed by atoms with Gasteiger partial charge in [-0.15, -0.1) is 4.52 Å². The topological polar surface area (TPSA) is 103 Å². The number of alkyl halides is 1. The van der Waals surface area contributed by atoms with Crippen LogP contribution in [0.2, 0.25) is 0 Å². The Balaban J connectivity index is 1.99. The number of hydrogen-bond donors (Lipinski definition) is 2. The highest BCUT2D eigenvalue weighted by atomic mass is 32.1. The molecule has 2 rings (SSSR count). The Morgan fingerprint density at radius 1 is 1.37 bits per heavy atom. The highest BCUT2D eigenvalue weighted by molar-refractivity contribution is 7.71. The zero-order valence-electron chi connectivity index (χ0n) is 14.6. The molecular weight excluding hydrogens is 398 g/mol. The van der Waals surface area contributed by atoms with Gasteiger partial charge in [-0.05, 0) is 38.2 Å². The monoisotopic (exact) mass is 417 g/mol. The first-order valence-corrected chi connectivity index (χ1v) is 9.41. The highest BCUT2D eigenvalue weighted by Gasteiger charge is 2.30. The third-order valence-corrected chi connectivity index (χ3v) is 4.52. The van der Waals surface area contributed by atoms with E-state index in [2.05, 4.69) is 4.98 Å². The lowest BCUT2D eigenvalue weighted by atomic mass is 10.3. The second-order valence-electron chi connectivity index (χ2n) is 5.55. The SMILES string of the molecule is Cc1cn([C@H](C)OC(CO[P+](=O)Oc2ccccc2)[C@@H](O)F)c(=S)[nH]c1=O. The van der Waals surface area contributed by atoms with E-state index < -0.39 is 33.6 Å². The van der Waals surface area contributed by atoms with Crippen molar-refractivity contribution in [1.82, 2.24) is 9.55 Å². The molecule has 2 unspecified atom stereocenters. The zero-order chi connectivity index (χ0) is 20.0. The van der Waals surface area contributed by atoms with Gasteiger partial charge in [0.1, 0.15) is 18.9 Å². The smallest absolute Gasteiger partial charge is 0.362 e. The summed E-state index contributed by atoms with van der Waals surface area (Å²) in [7, 11) is -2.59. The van der Waals surface area contributed by atoms with Gasteiger partial charge in [0.2, 0.25) is 6.36 Å². The number of aromatic nitrogens is 2. The molecule has 2 aromatic rings. The zero-order valence-corrected chi connectivity index (χ0v) is 16.3. The number of nitrogens with zero attached hydrogens (tertiary/aromatic N) is 1. The van der Waals surface area contributed by atoms with E-state index in [1.807, 2.05) is 0 Å². The lowest BCUT2D eigenvalue weighted by Gasteiger charge is -2.23. The van der Waals surface area contributed by atoms with E-state index in [-0.39, 0.29) is 10.3 Å². The Morgan fingerprint density at radius 2 is 2.04 bits per heavy atom. The van der Waals surface area contributed by atoms with Crippen LogP contribution in [0.3, 0.4) is 0 Å². The number of para-hydroxylation sites is 1. The van der Waals surface area contributed by atoms with Crippen LogP contribution < -0.4 is 10.1 Å². The minimum absolute atomic E-state index is 0.0737. The molecular formula is C16H19FN2O6PS+. The molecule has 0 aliphatic carbocycles. The lowest BCUT2D eigenvalue weighted by molar-refractivity contribution is -0.152. The van der Waals surface area contributed by atoms with Gasteiger partial charge in [0.15, 0.2) is 10.5 Å². The fraction of sp³-hybridized carbons (Fsp3) is 0.375. The van der Waals surface area contributed by atoms with Gasteiger partial charge >= 0.3 is 8.25 Å². The molecule has 146 valence electrons. The number of ether oxygens (including phenoxy) is 1. The molecule has 2 N–H and O–H groups in total. The third-order valence-electron chi connectivity index (χ3n) is 3.48. The van der Waals surface area contributed by atoms with Crippen LogP contribution in [0.1, 0.15) is 18.7 Å². The Kier molecular flexibility index (Phi) is 7.76. The molecule has 0 spiro atoms. The molecule has 0 radical (unpaired) electrons. The molecule has 1 heterocycles. The van der Waals surface area contributed by atoms with Crippen molar-refractivity contribution in [1.29, 1.82) is 0 Å². The minimum Gasteiger partial charge on any atom is -0.362 e. The first-order chi connectivity index (χ1) is 12.8. The van der Waals surface area contributed by atoms with Crippen molar-refractivity contribution < 1.29 is 27.8 Å². The molecule has 0 saturated carbocycles. The van der Waals surface area contributed by atoms with Crippen LogP contribution in [0.15, 0.2) is 41.3 Å². The maximum atomic E-state index is 13.5. The fourth-order valence-electron chi connectivity index (χ4n) is 2.09. The maximum Gasteiger partial charge on any atom is 0.750 e. The molecule has 0 aliphatic heterocycles. The Labute approximate surface area is 160 Å². The maximum absolute atomic E-state index is 13.5. The number of nitrogens with one attached hydrogen (secondary N) is 1. The van der Waals surface area contributed by atoms with Crippen molar-refractivity contribution >= 4 is 20.5 Å². The molecule has 27 heavy (non-hydrogen) atoms. The molecule has 0 fully saturated rings. The molecule has 4 atom stereocenters. The summed E-state index contributed by atoms with van der Waals surface area (Å²) in [5, 5.41) is 9.28. The number of aromatic amines is 1.